The van der Waals surface area contributed by atoms with Gasteiger partial charge >= 0.3 is 0 Å². The number of nitrogens with zero attached hydrogens (tertiary/aromatic N) is 1. The van der Waals surface area contributed by atoms with Crippen LogP contribution in [-0.2, 0) is 6.54 Å². The van der Waals surface area contributed by atoms with E-state index >= 15 is 0 Å². The third-order valence-electron chi connectivity index (χ3n) is 6.35. The molecule has 0 aromatic heterocycles. The topological polar surface area (TPSA) is 24.5 Å². The summed E-state index contributed by atoms with van der Waals surface area (Å²) in [7, 11) is 4.00. The van der Waals surface area contributed by atoms with Gasteiger partial charge in [-0.15, -0.1) is 0 Å². The van der Waals surface area contributed by atoms with Crippen LogP contribution in [0.4, 0.5) is 0 Å². The van der Waals surface area contributed by atoms with Crippen LogP contribution in [-0.4, -0.2) is 32.1 Å². The fourth-order valence-corrected chi connectivity index (χ4v) is 4.54. The molecule has 1 aliphatic rings. The number of rotatable bonds is 6. The molecule has 3 nitrogen and oxygen atoms in total. The Balaban J connectivity index is 1.50. The van der Waals surface area contributed by atoms with Gasteiger partial charge in [-0.05, 0) is 79.3 Å². The zero-order valence-electron chi connectivity index (χ0n) is 17.8. The molecule has 4 rings (SSSR count). The lowest BCUT2D eigenvalue weighted by molar-refractivity contribution is 0.252. The predicted molar refractivity (Wildman–Crippen MR) is 122 cm³/mol. The zero-order valence-corrected chi connectivity index (χ0v) is 17.8. The van der Waals surface area contributed by atoms with Crippen LogP contribution in [0.15, 0.2) is 60.7 Å². The van der Waals surface area contributed by atoms with Crippen molar-refractivity contribution in [3.05, 3.63) is 77.4 Å². The Labute approximate surface area is 174 Å². The molecule has 0 spiro atoms. The van der Waals surface area contributed by atoms with E-state index in [0.717, 1.165) is 25.4 Å². The summed E-state index contributed by atoms with van der Waals surface area (Å²) in [4.78, 5) is 2.42. The van der Waals surface area contributed by atoms with Crippen molar-refractivity contribution in [2.75, 3.05) is 27.2 Å². The summed E-state index contributed by atoms with van der Waals surface area (Å²) < 4.78 is 5.69. The van der Waals surface area contributed by atoms with E-state index in [1.165, 1.54) is 40.3 Å². The maximum atomic E-state index is 5.69. The Morgan fingerprint density at radius 2 is 1.79 bits per heavy atom. The van der Waals surface area contributed by atoms with E-state index in [4.69, 9.17) is 4.74 Å². The Morgan fingerprint density at radius 3 is 2.59 bits per heavy atom. The fraction of sp³-hybridized carbons (Fsp3) is 0.385. The van der Waals surface area contributed by atoms with Crippen LogP contribution in [0.1, 0.15) is 48.4 Å². The molecule has 0 radical (unpaired) electrons. The van der Waals surface area contributed by atoms with E-state index in [2.05, 4.69) is 84.9 Å². The number of nitrogens with one attached hydrogen (secondary N) is 1. The molecule has 0 amide bonds. The van der Waals surface area contributed by atoms with Crippen LogP contribution >= 0.6 is 0 Å². The number of ether oxygens (including phenoxy) is 1. The van der Waals surface area contributed by atoms with Gasteiger partial charge in [0.25, 0.3) is 0 Å². The average molecular weight is 389 g/mol. The van der Waals surface area contributed by atoms with E-state index < -0.39 is 0 Å². The summed E-state index contributed by atoms with van der Waals surface area (Å²) >= 11 is 0. The molecule has 3 aromatic rings. The van der Waals surface area contributed by atoms with Crippen molar-refractivity contribution in [3.63, 3.8) is 0 Å². The molecule has 1 atom stereocenters. The number of fused-ring (bicyclic) bond motifs is 1. The highest BCUT2D eigenvalue weighted by atomic mass is 16.5. The van der Waals surface area contributed by atoms with Crippen LogP contribution in [0.25, 0.3) is 10.8 Å². The molecular weight excluding hydrogens is 356 g/mol. The lowest BCUT2D eigenvalue weighted by atomic mass is 9.88. The Kier molecular flexibility index (Phi) is 6.17. The second-order valence-electron chi connectivity index (χ2n) is 8.32. The van der Waals surface area contributed by atoms with E-state index in [0.29, 0.717) is 5.92 Å². The lowest BCUT2D eigenvalue weighted by Crippen LogP contribution is -2.29. The molecule has 1 N–H and O–H groups in total. The molecule has 3 aromatic carbocycles. The average Bonchev–Trinajstić information content (AvgIpc) is 2.77. The summed E-state index contributed by atoms with van der Waals surface area (Å²) in [6.45, 7) is 5.43. The zero-order chi connectivity index (χ0) is 20.2. The van der Waals surface area contributed by atoms with Gasteiger partial charge in [-0.25, -0.2) is 0 Å². The van der Waals surface area contributed by atoms with Crippen molar-refractivity contribution in [2.24, 2.45) is 0 Å². The van der Waals surface area contributed by atoms with Gasteiger partial charge in [-0.3, -0.25) is 0 Å². The molecule has 1 heterocycles. The molecule has 1 aliphatic heterocycles. The monoisotopic (exact) mass is 388 g/mol. The van der Waals surface area contributed by atoms with Gasteiger partial charge in [0.05, 0.1) is 7.11 Å². The van der Waals surface area contributed by atoms with Crippen molar-refractivity contribution < 1.29 is 4.74 Å². The van der Waals surface area contributed by atoms with Crippen LogP contribution in [0.3, 0.4) is 0 Å². The smallest absolute Gasteiger partial charge is 0.122 e. The minimum Gasteiger partial charge on any atom is -0.496 e. The first kappa shape index (κ1) is 19.9. The van der Waals surface area contributed by atoms with Gasteiger partial charge < -0.3 is 15.0 Å². The van der Waals surface area contributed by atoms with E-state index in [1.807, 2.05) is 0 Å². The van der Waals surface area contributed by atoms with Crippen molar-refractivity contribution >= 4 is 10.8 Å². The van der Waals surface area contributed by atoms with Crippen molar-refractivity contribution in [2.45, 2.75) is 38.3 Å². The Bertz CT molecular complexity index is 955. The number of hydrogen-bond acceptors (Lipinski definition) is 3. The van der Waals surface area contributed by atoms with Crippen LogP contribution in [0, 0.1) is 0 Å². The highest BCUT2D eigenvalue weighted by molar-refractivity contribution is 5.86. The Hall–Kier alpha value is -2.36. The summed E-state index contributed by atoms with van der Waals surface area (Å²) in [6, 6.07) is 22.2. The molecule has 1 fully saturated rings. The quantitative estimate of drug-likeness (QED) is 0.603. The molecule has 29 heavy (non-hydrogen) atoms. The molecule has 3 heteroatoms. The Morgan fingerprint density at radius 1 is 1.03 bits per heavy atom. The summed E-state index contributed by atoms with van der Waals surface area (Å²) in [6.07, 6.45) is 2.41. The first-order chi connectivity index (χ1) is 14.2. The second-order valence-corrected chi connectivity index (χ2v) is 8.32. The van der Waals surface area contributed by atoms with Gasteiger partial charge in [0.2, 0.25) is 0 Å². The number of piperidine rings is 1. The highest BCUT2D eigenvalue weighted by Crippen LogP contribution is 2.35. The first-order valence-electron chi connectivity index (χ1n) is 10.7. The largest absolute Gasteiger partial charge is 0.496 e. The van der Waals surface area contributed by atoms with Gasteiger partial charge in [0.15, 0.2) is 0 Å². The third kappa shape index (κ3) is 4.47. The summed E-state index contributed by atoms with van der Waals surface area (Å²) in [5.74, 6) is 1.63. The molecule has 152 valence electrons. The maximum absolute atomic E-state index is 5.69. The molecule has 0 bridgehead atoms. The molecule has 0 unspecified atom stereocenters. The summed E-state index contributed by atoms with van der Waals surface area (Å²) in [5, 5.41) is 6.36. The minimum atomic E-state index is 0.287. The lowest BCUT2D eigenvalue weighted by Gasteiger charge is -2.30. The van der Waals surface area contributed by atoms with Crippen molar-refractivity contribution in [1.29, 1.82) is 0 Å². The number of likely N-dealkylation sites (tertiary alicyclic amines) is 1. The molecule has 0 aliphatic carbocycles. The van der Waals surface area contributed by atoms with Gasteiger partial charge in [0, 0.05) is 12.6 Å². The second kappa shape index (κ2) is 8.98. The fourth-order valence-electron chi connectivity index (χ4n) is 4.54. The maximum Gasteiger partial charge on any atom is 0.122 e. The van der Waals surface area contributed by atoms with Crippen LogP contribution < -0.4 is 10.1 Å². The normalized spacial score (nSPS) is 16.8. The van der Waals surface area contributed by atoms with E-state index in [9.17, 15) is 0 Å². The van der Waals surface area contributed by atoms with Crippen molar-refractivity contribution in [3.8, 4) is 5.75 Å². The van der Waals surface area contributed by atoms with Crippen molar-refractivity contribution in [1.82, 2.24) is 10.2 Å². The van der Waals surface area contributed by atoms with Gasteiger partial charge in [-0.1, -0.05) is 54.6 Å². The third-order valence-corrected chi connectivity index (χ3v) is 6.35. The molecule has 0 saturated carbocycles. The highest BCUT2D eigenvalue weighted by Gasteiger charge is 2.21. The number of benzene rings is 3. The van der Waals surface area contributed by atoms with Gasteiger partial charge in [0.1, 0.15) is 5.75 Å². The van der Waals surface area contributed by atoms with Gasteiger partial charge in [-0.2, -0.15) is 0 Å². The predicted octanol–water partition coefficient (Wildman–Crippen LogP) is 5.51. The SMILES string of the molecule is COc1ccc(CN[C@H](C)c2cccc3ccccc23)cc1C1CCN(C)CC1. The van der Waals surface area contributed by atoms with Crippen LogP contribution in [0.2, 0.25) is 0 Å². The van der Waals surface area contributed by atoms with E-state index in [-0.39, 0.29) is 6.04 Å². The van der Waals surface area contributed by atoms with Crippen LogP contribution in [0.5, 0.6) is 5.75 Å². The summed E-state index contributed by atoms with van der Waals surface area (Å²) in [5.41, 5.74) is 4.05. The number of hydrogen-bond donors (Lipinski definition) is 1. The molecular formula is C26H32N2O. The first-order valence-corrected chi connectivity index (χ1v) is 10.7. The molecule has 1 saturated heterocycles. The standard InChI is InChI=1S/C26H32N2O/c1-19(23-10-6-8-21-7-4-5-9-24(21)23)27-18-20-11-12-26(29-3)25(17-20)22-13-15-28(2)16-14-22/h4-12,17,19,22,27H,13-16,18H2,1-3H3/t19-/m1/s1. The van der Waals surface area contributed by atoms with E-state index in [1.54, 1.807) is 7.11 Å². The minimum absolute atomic E-state index is 0.287. The number of methoxy groups -OCH3 is 1.